The van der Waals surface area contributed by atoms with E-state index in [0.29, 0.717) is 11.0 Å². The topological polar surface area (TPSA) is 80.3 Å². The molecule has 0 radical (unpaired) electrons. The molecule has 1 heterocycles. The molecule has 0 aliphatic carbocycles. The molecule has 1 aromatic carbocycles. The van der Waals surface area contributed by atoms with Crippen LogP contribution in [0.4, 0.5) is 5.69 Å². The summed E-state index contributed by atoms with van der Waals surface area (Å²) in [6.45, 7) is 0. The second kappa shape index (κ2) is 6.03. The van der Waals surface area contributed by atoms with E-state index in [0.717, 1.165) is 5.56 Å². The summed E-state index contributed by atoms with van der Waals surface area (Å²) >= 11 is 3.31. The van der Waals surface area contributed by atoms with Gasteiger partial charge in [0.15, 0.2) is 0 Å². The Balaban J connectivity index is 2.16. The van der Waals surface area contributed by atoms with Crippen molar-refractivity contribution in [1.29, 1.82) is 0 Å². The maximum Gasteiger partial charge on any atom is 0.235 e. The fourth-order valence-corrected chi connectivity index (χ4v) is 5.96. The summed E-state index contributed by atoms with van der Waals surface area (Å²) in [5.74, 6) is -0.114. The first-order chi connectivity index (χ1) is 9.34. The molecular formula is C12H16BrNO4S2. The van der Waals surface area contributed by atoms with Crippen LogP contribution in [0.25, 0.3) is 0 Å². The highest BCUT2D eigenvalue weighted by Crippen LogP contribution is 2.24. The molecule has 0 saturated carbocycles. The summed E-state index contributed by atoms with van der Waals surface area (Å²) in [6.07, 6.45) is 0.322. The van der Waals surface area contributed by atoms with Crippen molar-refractivity contribution in [3.63, 3.8) is 0 Å². The number of hydrogen-bond donors (Lipinski definition) is 1. The van der Waals surface area contributed by atoms with E-state index < -0.39 is 25.1 Å². The molecule has 8 heteroatoms. The summed E-state index contributed by atoms with van der Waals surface area (Å²) in [5.41, 5.74) is 1.39. The summed E-state index contributed by atoms with van der Waals surface area (Å²) in [5, 5.41) is -0.0977. The number of sulfonamides is 1. The molecular weight excluding hydrogens is 366 g/mol. The van der Waals surface area contributed by atoms with Crippen molar-refractivity contribution in [2.24, 2.45) is 0 Å². The van der Waals surface area contributed by atoms with Crippen molar-refractivity contribution in [2.75, 3.05) is 16.2 Å². The fraction of sp³-hybridized carbons (Fsp3) is 0.500. The van der Waals surface area contributed by atoms with Gasteiger partial charge in [-0.3, -0.25) is 4.72 Å². The lowest BCUT2D eigenvalue weighted by Crippen LogP contribution is -2.36. The minimum Gasteiger partial charge on any atom is -0.283 e. The van der Waals surface area contributed by atoms with E-state index in [1.807, 2.05) is 12.1 Å². The number of para-hydroxylation sites is 1. The van der Waals surface area contributed by atoms with E-state index in [1.54, 1.807) is 12.1 Å². The highest BCUT2D eigenvalue weighted by atomic mass is 79.9. The van der Waals surface area contributed by atoms with E-state index in [2.05, 4.69) is 20.7 Å². The molecule has 0 aromatic heterocycles. The summed E-state index contributed by atoms with van der Waals surface area (Å²) < 4.78 is 49.9. The fourth-order valence-electron chi connectivity index (χ4n) is 2.15. The van der Waals surface area contributed by atoms with Gasteiger partial charge in [-0.2, -0.15) is 0 Å². The van der Waals surface area contributed by atoms with E-state index in [9.17, 15) is 16.8 Å². The lowest BCUT2D eigenvalue weighted by molar-refractivity contribution is 0.555. The van der Waals surface area contributed by atoms with Crippen LogP contribution in [0, 0.1) is 0 Å². The molecule has 0 spiro atoms. The second-order valence-corrected chi connectivity index (χ2v) is 9.61. The molecule has 2 rings (SSSR count). The van der Waals surface area contributed by atoms with Gasteiger partial charge in [-0.1, -0.05) is 34.1 Å². The van der Waals surface area contributed by atoms with Gasteiger partial charge < -0.3 is 0 Å². The van der Waals surface area contributed by atoms with Gasteiger partial charge in [-0.25, -0.2) is 16.8 Å². The third kappa shape index (κ3) is 3.73. The standard InChI is InChI=1S/C12H16BrNO4S2/c13-9-10-3-1-2-4-12(10)14-20(17,18)11-5-7-19(15,16)8-6-11/h1-4,11,14H,5-9H2. The number of anilines is 1. The van der Waals surface area contributed by atoms with Gasteiger partial charge in [0, 0.05) is 5.33 Å². The van der Waals surface area contributed by atoms with Crippen molar-refractivity contribution in [2.45, 2.75) is 23.4 Å². The normalized spacial score (nSPS) is 19.6. The molecule has 1 aliphatic heterocycles. The van der Waals surface area contributed by atoms with Gasteiger partial charge in [0.05, 0.1) is 22.4 Å². The molecule has 0 bridgehead atoms. The monoisotopic (exact) mass is 381 g/mol. The third-order valence-electron chi connectivity index (χ3n) is 3.35. The molecule has 1 aromatic rings. The Morgan fingerprint density at radius 1 is 1.20 bits per heavy atom. The van der Waals surface area contributed by atoms with Crippen LogP contribution in [-0.4, -0.2) is 33.6 Å². The molecule has 5 nitrogen and oxygen atoms in total. The number of hydrogen-bond acceptors (Lipinski definition) is 4. The van der Waals surface area contributed by atoms with E-state index >= 15 is 0 Å². The van der Waals surface area contributed by atoms with Crippen LogP contribution in [0.3, 0.4) is 0 Å². The minimum absolute atomic E-state index is 0.0569. The zero-order chi connectivity index (χ0) is 14.8. The van der Waals surface area contributed by atoms with Gasteiger partial charge in [0.2, 0.25) is 10.0 Å². The van der Waals surface area contributed by atoms with Crippen LogP contribution in [0.5, 0.6) is 0 Å². The third-order valence-corrected chi connectivity index (χ3v) is 7.53. The Labute approximate surface area is 127 Å². The lowest BCUT2D eigenvalue weighted by atomic mass is 10.2. The Morgan fingerprint density at radius 2 is 1.80 bits per heavy atom. The van der Waals surface area contributed by atoms with E-state index in [-0.39, 0.29) is 24.3 Å². The Hall–Kier alpha value is -0.600. The highest BCUT2D eigenvalue weighted by molar-refractivity contribution is 9.08. The van der Waals surface area contributed by atoms with Crippen LogP contribution < -0.4 is 4.72 Å². The van der Waals surface area contributed by atoms with Crippen molar-refractivity contribution in [3.8, 4) is 0 Å². The number of alkyl halides is 1. The Kier molecular flexibility index (Phi) is 4.76. The van der Waals surface area contributed by atoms with Crippen molar-refractivity contribution in [1.82, 2.24) is 0 Å². The number of nitrogens with one attached hydrogen (secondary N) is 1. The first-order valence-corrected chi connectivity index (χ1v) is 10.7. The molecule has 0 unspecified atom stereocenters. The summed E-state index contributed by atoms with van der Waals surface area (Å²) in [4.78, 5) is 0. The lowest BCUT2D eigenvalue weighted by Gasteiger charge is -2.23. The Morgan fingerprint density at radius 3 is 2.40 bits per heavy atom. The molecule has 1 fully saturated rings. The second-order valence-electron chi connectivity index (χ2n) is 4.79. The molecule has 1 N–H and O–H groups in total. The van der Waals surface area contributed by atoms with Crippen molar-refractivity contribution < 1.29 is 16.8 Å². The summed E-state index contributed by atoms with van der Waals surface area (Å²) in [6, 6.07) is 7.13. The smallest absolute Gasteiger partial charge is 0.235 e. The molecule has 0 atom stereocenters. The number of rotatable bonds is 4. The SMILES string of the molecule is O=S1(=O)CCC(S(=O)(=O)Nc2ccccc2CBr)CC1. The van der Waals surface area contributed by atoms with Gasteiger partial charge in [-0.05, 0) is 24.5 Å². The van der Waals surface area contributed by atoms with Crippen LogP contribution in [-0.2, 0) is 25.2 Å². The van der Waals surface area contributed by atoms with Crippen molar-refractivity contribution in [3.05, 3.63) is 29.8 Å². The van der Waals surface area contributed by atoms with E-state index in [1.165, 1.54) is 0 Å². The molecule has 112 valence electrons. The van der Waals surface area contributed by atoms with Crippen LogP contribution in [0.1, 0.15) is 18.4 Å². The van der Waals surface area contributed by atoms with Gasteiger partial charge in [-0.15, -0.1) is 0 Å². The average molecular weight is 382 g/mol. The number of halogens is 1. The quantitative estimate of drug-likeness (QED) is 0.807. The van der Waals surface area contributed by atoms with Crippen LogP contribution in [0.15, 0.2) is 24.3 Å². The molecule has 0 amide bonds. The Bertz CT molecular complexity index is 671. The highest BCUT2D eigenvalue weighted by Gasteiger charge is 2.32. The van der Waals surface area contributed by atoms with Crippen molar-refractivity contribution >= 4 is 41.5 Å². The maximum absolute atomic E-state index is 12.3. The number of sulfone groups is 1. The molecule has 1 aliphatic rings. The van der Waals surface area contributed by atoms with Gasteiger partial charge in [0.25, 0.3) is 0 Å². The van der Waals surface area contributed by atoms with Gasteiger partial charge >= 0.3 is 0 Å². The first-order valence-electron chi connectivity index (χ1n) is 6.20. The predicted molar refractivity (Wildman–Crippen MR) is 83.3 cm³/mol. The summed E-state index contributed by atoms with van der Waals surface area (Å²) in [7, 11) is -6.62. The largest absolute Gasteiger partial charge is 0.283 e. The average Bonchev–Trinajstić information content (AvgIpc) is 2.38. The van der Waals surface area contributed by atoms with Crippen LogP contribution in [0.2, 0.25) is 0 Å². The minimum atomic E-state index is -3.55. The zero-order valence-corrected chi connectivity index (χ0v) is 14.0. The predicted octanol–water partition coefficient (Wildman–Crippen LogP) is 1.90. The first kappa shape index (κ1) is 15.8. The van der Waals surface area contributed by atoms with Crippen LogP contribution >= 0.6 is 15.9 Å². The van der Waals surface area contributed by atoms with Gasteiger partial charge in [0.1, 0.15) is 9.84 Å². The number of benzene rings is 1. The molecule has 1 saturated heterocycles. The van der Waals surface area contributed by atoms with E-state index in [4.69, 9.17) is 0 Å². The maximum atomic E-state index is 12.3. The zero-order valence-electron chi connectivity index (χ0n) is 10.7. The molecule has 20 heavy (non-hydrogen) atoms.